The molecule has 1 aliphatic rings. The van der Waals surface area contributed by atoms with Crippen LogP contribution in [-0.4, -0.2) is 28.6 Å². The lowest BCUT2D eigenvalue weighted by molar-refractivity contribution is 0.379. The van der Waals surface area contributed by atoms with Gasteiger partial charge in [-0.15, -0.1) is 0 Å². The average Bonchev–Trinajstić information content (AvgIpc) is 3.07. The number of nitrogens with zero attached hydrogens (tertiary/aromatic N) is 3. The average molecular weight is 223 g/mol. The van der Waals surface area contributed by atoms with E-state index in [0.717, 1.165) is 18.9 Å². The van der Waals surface area contributed by atoms with E-state index in [1.807, 2.05) is 0 Å². The Bertz CT molecular complexity index is 353. The van der Waals surface area contributed by atoms with Gasteiger partial charge >= 0.3 is 6.01 Å². The van der Waals surface area contributed by atoms with Gasteiger partial charge < -0.3 is 15.8 Å². The molecule has 0 aromatic carbocycles. The number of nitrogen functional groups attached to an aromatic ring is 1. The van der Waals surface area contributed by atoms with Crippen molar-refractivity contribution in [1.82, 2.24) is 15.0 Å². The molecule has 1 aromatic heterocycles. The SMILES string of the molecule is COc1nc(N)nc(NCCCC2CC2)n1. The van der Waals surface area contributed by atoms with Crippen LogP contribution in [0, 0.1) is 5.92 Å². The Labute approximate surface area is 94.6 Å². The third-order valence-electron chi connectivity index (χ3n) is 2.58. The fourth-order valence-corrected chi connectivity index (χ4v) is 1.54. The van der Waals surface area contributed by atoms with Crippen LogP contribution in [0.25, 0.3) is 0 Å². The molecule has 0 atom stereocenters. The summed E-state index contributed by atoms with van der Waals surface area (Å²) in [7, 11) is 1.51. The standard InChI is InChI=1S/C10H17N5O/c1-16-10-14-8(11)13-9(15-10)12-6-2-3-7-4-5-7/h7H,2-6H2,1H3,(H3,11,12,13,14,15). The third kappa shape index (κ3) is 3.22. The number of ether oxygens (including phenoxy) is 1. The Hall–Kier alpha value is -1.59. The lowest BCUT2D eigenvalue weighted by atomic mass is 10.2. The fourth-order valence-electron chi connectivity index (χ4n) is 1.54. The van der Waals surface area contributed by atoms with Crippen molar-refractivity contribution in [2.45, 2.75) is 25.7 Å². The molecule has 3 N–H and O–H groups in total. The molecule has 1 aliphatic carbocycles. The number of methoxy groups -OCH3 is 1. The molecule has 0 bridgehead atoms. The molecule has 6 nitrogen and oxygen atoms in total. The second-order valence-corrected chi connectivity index (χ2v) is 4.02. The summed E-state index contributed by atoms with van der Waals surface area (Å²) in [4.78, 5) is 11.8. The number of aromatic nitrogens is 3. The first-order chi connectivity index (χ1) is 7.78. The van der Waals surface area contributed by atoms with E-state index in [4.69, 9.17) is 10.5 Å². The maximum absolute atomic E-state index is 5.52. The minimum atomic E-state index is 0.177. The number of nitrogens with two attached hydrogens (primary N) is 1. The number of nitrogens with one attached hydrogen (secondary N) is 1. The number of anilines is 2. The van der Waals surface area contributed by atoms with E-state index >= 15 is 0 Å². The summed E-state index contributed by atoms with van der Waals surface area (Å²) in [5.41, 5.74) is 5.52. The van der Waals surface area contributed by atoms with E-state index < -0.39 is 0 Å². The van der Waals surface area contributed by atoms with Gasteiger partial charge in [-0.25, -0.2) is 0 Å². The van der Waals surface area contributed by atoms with Crippen LogP contribution in [-0.2, 0) is 0 Å². The highest BCUT2D eigenvalue weighted by Crippen LogP contribution is 2.33. The highest BCUT2D eigenvalue weighted by molar-refractivity contribution is 5.32. The van der Waals surface area contributed by atoms with Gasteiger partial charge in [0.1, 0.15) is 0 Å². The lowest BCUT2D eigenvalue weighted by Gasteiger charge is -2.05. The number of hydrogen-bond donors (Lipinski definition) is 2. The predicted molar refractivity (Wildman–Crippen MR) is 61.2 cm³/mol. The van der Waals surface area contributed by atoms with Gasteiger partial charge in [0.2, 0.25) is 11.9 Å². The lowest BCUT2D eigenvalue weighted by Crippen LogP contribution is -2.09. The van der Waals surface area contributed by atoms with Gasteiger partial charge in [-0.3, -0.25) is 0 Å². The van der Waals surface area contributed by atoms with Crippen molar-refractivity contribution in [3.63, 3.8) is 0 Å². The molecule has 1 heterocycles. The van der Waals surface area contributed by atoms with Crippen molar-refractivity contribution in [3.8, 4) is 6.01 Å². The van der Waals surface area contributed by atoms with Crippen molar-refractivity contribution in [2.24, 2.45) is 5.92 Å². The van der Waals surface area contributed by atoms with Crippen LogP contribution in [0.15, 0.2) is 0 Å². The smallest absolute Gasteiger partial charge is 0.322 e. The van der Waals surface area contributed by atoms with E-state index in [1.165, 1.54) is 26.4 Å². The molecule has 0 saturated heterocycles. The Kier molecular flexibility index (Phi) is 3.38. The summed E-state index contributed by atoms with van der Waals surface area (Å²) < 4.78 is 4.91. The van der Waals surface area contributed by atoms with E-state index in [-0.39, 0.29) is 12.0 Å². The molecule has 1 aromatic rings. The Morgan fingerprint density at radius 2 is 2.19 bits per heavy atom. The van der Waals surface area contributed by atoms with Crippen molar-refractivity contribution in [3.05, 3.63) is 0 Å². The second kappa shape index (κ2) is 4.96. The Morgan fingerprint density at radius 1 is 1.38 bits per heavy atom. The first-order valence-electron chi connectivity index (χ1n) is 5.57. The van der Waals surface area contributed by atoms with E-state index in [1.54, 1.807) is 0 Å². The summed E-state index contributed by atoms with van der Waals surface area (Å²) >= 11 is 0. The second-order valence-electron chi connectivity index (χ2n) is 4.02. The van der Waals surface area contributed by atoms with Crippen LogP contribution < -0.4 is 15.8 Å². The van der Waals surface area contributed by atoms with Gasteiger partial charge in [-0.05, 0) is 18.8 Å². The van der Waals surface area contributed by atoms with E-state index in [2.05, 4.69) is 20.3 Å². The van der Waals surface area contributed by atoms with Crippen LogP contribution >= 0.6 is 0 Å². The summed E-state index contributed by atoms with van der Waals surface area (Å²) in [6.07, 6.45) is 5.21. The summed E-state index contributed by atoms with van der Waals surface area (Å²) in [6, 6.07) is 0.247. The first-order valence-corrected chi connectivity index (χ1v) is 5.57. The molecule has 0 unspecified atom stereocenters. The zero-order valence-electron chi connectivity index (χ0n) is 9.44. The molecule has 0 aliphatic heterocycles. The van der Waals surface area contributed by atoms with Crippen LogP contribution in [0.3, 0.4) is 0 Å². The molecular formula is C10H17N5O. The molecule has 0 amide bonds. The molecule has 0 radical (unpaired) electrons. The van der Waals surface area contributed by atoms with Gasteiger partial charge in [0.05, 0.1) is 7.11 Å². The molecule has 1 fully saturated rings. The number of rotatable bonds is 6. The van der Waals surface area contributed by atoms with Gasteiger partial charge in [-0.1, -0.05) is 12.8 Å². The maximum Gasteiger partial charge on any atom is 0.322 e. The van der Waals surface area contributed by atoms with E-state index in [0.29, 0.717) is 5.95 Å². The fraction of sp³-hybridized carbons (Fsp3) is 0.700. The largest absolute Gasteiger partial charge is 0.467 e. The Balaban J connectivity index is 1.80. The quantitative estimate of drug-likeness (QED) is 0.701. The van der Waals surface area contributed by atoms with Gasteiger partial charge in [0, 0.05) is 6.54 Å². The summed E-state index contributed by atoms with van der Waals surface area (Å²) in [5.74, 6) is 1.62. The zero-order valence-corrected chi connectivity index (χ0v) is 9.44. The molecule has 2 rings (SSSR count). The molecular weight excluding hydrogens is 206 g/mol. The highest BCUT2D eigenvalue weighted by atomic mass is 16.5. The first kappa shape index (κ1) is 10.9. The molecule has 6 heteroatoms. The van der Waals surface area contributed by atoms with Crippen molar-refractivity contribution in [1.29, 1.82) is 0 Å². The monoisotopic (exact) mass is 223 g/mol. The highest BCUT2D eigenvalue weighted by Gasteiger charge is 2.19. The van der Waals surface area contributed by atoms with Crippen LogP contribution in [0.1, 0.15) is 25.7 Å². The van der Waals surface area contributed by atoms with Crippen molar-refractivity contribution < 1.29 is 4.74 Å². The molecule has 16 heavy (non-hydrogen) atoms. The third-order valence-corrected chi connectivity index (χ3v) is 2.58. The van der Waals surface area contributed by atoms with Crippen LogP contribution in [0.2, 0.25) is 0 Å². The van der Waals surface area contributed by atoms with E-state index in [9.17, 15) is 0 Å². The van der Waals surface area contributed by atoms with Crippen LogP contribution in [0.4, 0.5) is 11.9 Å². The maximum atomic E-state index is 5.52. The van der Waals surface area contributed by atoms with Gasteiger partial charge in [-0.2, -0.15) is 15.0 Å². The minimum Gasteiger partial charge on any atom is -0.467 e. The van der Waals surface area contributed by atoms with Crippen molar-refractivity contribution in [2.75, 3.05) is 24.7 Å². The molecule has 88 valence electrons. The summed E-state index contributed by atoms with van der Waals surface area (Å²) in [5, 5.41) is 3.12. The van der Waals surface area contributed by atoms with Gasteiger partial charge in [0.25, 0.3) is 0 Å². The topological polar surface area (TPSA) is 86.0 Å². The van der Waals surface area contributed by atoms with Gasteiger partial charge in [0.15, 0.2) is 0 Å². The number of hydrogen-bond acceptors (Lipinski definition) is 6. The molecule has 0 spiro atoms. The summed E-state index contributed by atoms with van der Waals surface area (Å²) in [6.45, 7) is 0.864. The zero-order chi connectivity index (χ0) is 11.4. The van der Waals surface area contributed by atoms with Crippen molar-refractivity contribution >= 4 is 11.9 Å². The predicted octanol–water partition coefficient (Wildman–Crippen LogP) is 1.06. The minimum absolute atomic E-state index is 0.177. The molecule has 1 saturated carbocycles. The Morgan fingerprint density at radius 3 is 2.88 bits per heavy atom. The van der Waals surface area contributed by atoms with Crippen LogP contribution in [0.5, 0.6) is 6.01 Å². The normalized spacial score (nSPS) is 14.8.